The molecule has 0 unspecified atom stereocenters. The van der Waals surface area contributed by atoms with Gasteiger partial charge < -0.3 is 10.6 Å². The van der Waals surface area contributed by atoms with Gasteiger partial charge in [-0.15, -0.1) is 0 Å². The van der Waals surface area contributed by atoms with Crippen molar-refractivity contribution in [1.82, 2.24) is 10.6 Å². The van der Waals surface area contributed by atoms with E-state index in [4.69, 9.17) is 0 Å². The molecule has 0 aliphatic carbocycles. The summed E-state index contributed by atoms with van der Waals surface area (Å²) in [6, 6.07) is 6.24. The van der Waals surface area contributed by atoms with Crippen molar-refractivity contribution in [2.75, 3.05) is 13.1 Å². The molecule has 0 fully saturated rings. The molecule has 0 saturated heterocycles. The summed E-state index contributed by atoms with van der Waals surface area (Å²) >= 11 is 0. The smallest absolute Gasteiger partial charge is 0.230 e. The Morgan fingerprint density at radius 1 is 1.14 bits per heavy atom. The van der Waals surface area contributed by atoms with Crippen LogP contribution in [-0.2, 0) is 15.0 Å². The lowest BCUT2D eigenvalue weighted by Crippen LogP contribution is -2.44. The Balaban J connectivity index is 2.55. The van der Waals surface area contributed by atoms with Gasteiger partial charge >= 0.3 is 0 Å². The van der Waals surface area contributed by atoms with Gasteiger partial charge in [0.05, 0.1) is 5.41 Å². The van der Waals surface area contributed by atoms with Crippen LogP contribution in [0, 0.1) is 11.7 Å². The maximum absolute atomic E-state index is 13.8. The molecule has 21 heavy (non-hydrogen) atoms. The average Bonchev–Trinajstić information content (AvgIpc) is 2.43. The average molecular weight is 294 g/mol. The zero-order valence-corrected chi connectivity index (χ0v) is 13.0. The number of benzene rings is 1. The first-order chi connectivity index (χ1) is 9.76. The number of hydrogen-bond acceptors (Lipinski definition) is 2. The highest BCUT2D eigenvalue weighted by Crippen LogP contribution is 2.25. The number of hydrogen-bond donors (Lipinski definition) is 2. The summed E-state index contributed by atoms with van der Waals surface area (Å²) < 4.78 is 13.8. The lowest BCUT2D eigenvalue weighted by molar-refractivity contribution is -0.126. The van der Waals surface area contributed by atoms with Gasteiger partial charge in [0.15, 0.2) is 0 Å². The van der Waals surface area contributed by atoms with Crippen LogP contribution in [0.5, 0.6) is 0 Å². The number of nitrogens with one attached hydrogen (secondary N) is 2. The molecule has 116 valence electrons. The van der Waals surface area contributed by atoms with Crippen LogP contribution in [-0.4, -0.2) is 24.9 Å². The van der Waals surface area contributed by atoms with E-state index < -0.39 is 11.2 Å². The van der Waals surface area contributed by atoms with Crippen LogP contribution < -0.4 is 10.6 Å². The Bertz CT molecular complexity index is 513. The van der Waals surface area contributed by atoms with Crippen molar-refractivity contribution in [3.63, 3.8) is 0 Å². The molecule has 2 amide bonds. The van der Waals surface area contributed by atoms with Crippen molar-refractivity contribution >= 4 is 11.8 Å². The molecule has 0 atom stereocenters. The molecule has 0 radical (unpaired) electrons. The van der Waals surface area contributed by atoms with Crippen molar-refractivity contribution in [2.24, 2.45) is 5.92 Å². The largest absolute Gasteiger partial charge is 0.354 e. The highest BCUT2D eigenvalue weighted by molar-refractivity contribution is 5.87. The van der Waals surface area contributed by atoms with E-state index >= 15 is 0 Å². The van der Waals surface area contributed by atoms with Crippen LogP contribution >= 0.6 is 0 Å². The Morgan fingerprint density at radius 3 is 2.29 bits per heavy atom. The molecule has 1 aromatic rings. The highest BCUT2D eigenvalue weighted by atomic mass is 19.1. The SMILES string of the molecule is CC(C)C(=O)NCCNC(=O)C(C)(C)c1ccccc1F. The predicted octanol–water partition coefficient (Wildman–Crippen LogP) is 1.99. The molecular weight excluding hydrogens is 271 g/mol. The number of amides is 2. The Labute approximate surface area is 125 Å². The Hall–Kier alpha value is -1.91. The van der Waals surface area contributed by atoms with Gasteiger partial charge in [0, 0.05) is 24.6 Å². The number of carbonyl (C=O) groups excluding carboxylic acids is 2. The van der Waals surface area contributed by atoms with E-state index in [1.807, 2.05) is 0 Å². The first kappa shape index (κ1) is 17.1. The predicted molar refractivity (Wildman–Crippen MR) is 80.3 cm³/mol. The number of halogens is 1. The van der Waals surface area contributed by atoms with E-state index in [0.29, 0.717) is 18.7 Å². The zero-order valence-electron chi connectivity index (χ0n) is 13.0. The lowest BCUT2D eigenvalue weighted by Gasteiger charge is -2.24. The second-order valence-electron chi connectivity index (χ2n) is 5.81. The van der Waals surface area contributed by atoms with E-state index in [2.05, 4.69) is 10.6 Å². The standard InChI is InChI=1S/C16H23FN2O2/c1-11(2)14(20)18-9-10-19-15(21)16(3,4)12-7-5-6-8-13(12)17/h5-8,11H,9-10H2,1-4H3,(H,18,20)(H,19,21). The molecule has 0 saturated carbocycles. The summed E-state index contributed by atoms with van der Waals surface area (Å²) in [5, 5.41) is 5.43. The highest BCUT2D eigenvalue weighted by Gasteiger charge is 2.31. The quantitative estimate of drug-likeness (QED) is 0.788. The van der Waals surface area contributed by atoms with E-state index in [9.17, 15) is 14.0 Å². The topological polar surface area (TPSA) is 58.2 Å². The number of carbonyl (C=O) groups is 2. The van der Waals surface area contributed by atoms with Gasteiger partial charge in [-0.2, -0.15) is 0 Å². The van der Waals surface area contributed by atoms with E-state index in [0.717, 1.165) is 0 Å². The van der Waals surface area contributed by atoms with Crippen LogP contribution in [0.15, 0.2) is 24.3 Å². The summed E-state index contributed by atoms with van der Waals surface area (Å²) in [7, 11) is 0. The minimum Gasteiger partial charge on any atom is -0.354 e. The molecule has 1 rings (SSSR count). The van der Waals surface area contributed by atoms with Crippen molar-refractivity contribution in [3.8, 4) is 0 Å². The molecule has 0 aromatic heterocycles. The lowest BCUT2D eigenvalue weighted by atomic mass is 9.83. The van der Waals surface area contributed by atoms with E-state index in [1.54, 1.807) is 45.9 Å². The third kappa shape index (κ3) is 4.55. The maximum Gasteiger partial charge on any atom is 0.230 e. The Kier molecular flexibility index (Phi) is 5.88. The maximum atomic E-state index is 13.8. The van der Waals surface area contributed by atoms with Gasteiger partial charge in [-0.1, -0.05) is 32.0 Å². The summed E-state index contributed by atoms with van der Waals surface area (Å²) in [6.07, 6.45) is 0. The first-order valence-corrected chi connectivity index (χ1v) is 7.08. The van der Waals surface area contributed by atoms with Crippen LogP contribution in [0.2, 0.25) is 0 Å². The van der Waals surface area contributed by atoms with Crippen molar-refractivity contribution in [1.29, 1.82) is 0 Å². The molecular formula is C16H23FN2O2. The van der Waals surface area contributed by atoms with Crippen molar-refractivity contribution in [3.05, 3.63) is 35.6 Å². The fraction of sp³-hybridized carbons (Fsp3) is 0.500. The summed E-state index contributed by atoms with van der Waals surface area (Å²) in [5.74, 6) is -0.815. The molecule has 0 spiro atoms. The molecule has 0 aliphatic rings. The van der Waals surface area contributed by atoms with Crippen molar-refractivity contribution < 1.29 is 14.0 Å². The second kappa shape index (κ2) is 7.20. The first-order valence-electron chi connectivity index (χ1n) is 7.08. The van der Waals surface area contributed by atoms with E-state index in [1.165, 1.54) is 6.07 Å². The third-order valence-electron chi connectivity index (χ3n) is 3.35. The van der Waals surface area contributed by atoms with Gasteiger partial charge in [-0.3, -0.25) is 9.59 Å². The normalized spacial score (nSPS) is 11.3. The summed E-state index contributed by atoms with van der Waals surface area (Å²) in [5.41, 5.74) is -0.610. The fourth-order valence-corrected chi connectivity index (χ4v) is 1.88. The molecule has 0 heterocycles. The van der Waals surface area contributed by atoms with Gasteiger partial charge in [-0.25, -0.2) is 4.39 Å². The Morgan fingerprint density at radius 2 is 1.71 bits per heavy atom. The van der Waals surface area contributed by atoms with E-state index in [-0.39, 0.29) is 17.7 Å². The minimum atomic E-state index is -0.965. The molecule has 0 bridgehead atoms. The van der Waals surface area contributed by atoms with Gasteiger partial charge in [0.2, 0.25) is 11.8 Å². The zero-order chi connectivity index (χ0) is 16.0. The summed E-state index contributed by atoms with van der Waals surface area (Å²) in [6.45, 7) is 7.62. The molecule has 4 nitrogen and oxygen atoms in total. The fourth-order valence-electron chi connectivity index (χ4n) is 1.88. The van der Waals surface area contributed by atoms with Gasteiger partial charge in [0.25, 0.3) is 0 Å². The molecule has 5 heteroatoms. The van der Waals surface area contributed by atoms with Crippen LogP contribution in [0.25, 0.3) is 0 Å². The van der Waals surface area contributed by atoms with Gasteiger partial charge in [-0.05, 0) is 19.9 Å². The van der Waals surface area contributed by atoms with Crippen LogP contribution in [0.1, 0.15) is 33.3 Å². The van der Waals surface area contributed by atoms with Crippen molar-refractivity contribution in [2.45, 2.75) is 33.1 Å². The van der Waals surface area contributed by atoms with Gasteiger partial charge in [0.1, 0.15) is 5.82 Å². The summed E-state index contributed by atoms with van der Waals surface area (Å²) in [4.78, 5) is 23.6. The second-order valence-corrected chi connectivity index (χ2v) is 5.81. The van der Waals surface area contributed by atoms with Crippen LogP contribution in [0.4, 0.5) is 4.39 Å². The molecule has 2 N–H and O–H groups in total. The minimum absolute atomic E-state index is 0.0578. The third-order valence-corrected chi connectivity index (χ3v) is 3.35. The van der Waals surface area contributed by atoms with Crippen LogP contribution in [0.3, 0.4) is 0 Å². The molecule has 1 aromatic carbocycles. The molecule has 0 aliphatic heterocycles. The monoisotopic (exact) mass is 294 g/mol. The number of rotatable bonds is 6.